The van der Waals surface area contributed by atoms with Crippen molar-refractivity contribution >= 4 is 0 Å². The Morgan fingerprint density at radius 3 is 2.73 bits per heavy atom. The fourth-order valence-electron chi connectivity index (χ4n) is 2.23. The minimum atomic E-state index is -0.502. The minimum Gasteiger partial charge on any atom is -0.389 e. The Kier molecular flexibility index (Phi) is 1.87. The average molecular weight is 157 g/mol. The van der Waals surface area contributed by atoms with E-state index >= 15 is 0 Å². The number of nitrogens with zero attached hydrogens (tertiary/aromatic N) is 1. The van der Waals surface area contributed by atoms with Crippen molar-refractivity contribution in [1.82, 2.24) is 4.90 Å². The van der Waals surface area contributed by atoms with E-state index < -0.39 is 12.2 Å². The maximum Gasteiger partial charge on any atom is 0.0966 e. The topological polar surface area (TPSA) is 43.7 Å². The maximum atomic E-state index is 9.50. The van der Waals surface area contributed by atoms with Crippen LogP contribution in [0.2, 0.25) is 0 Å². The van der Waals surface area contributed by atoms with Crippen LogP contribution in [-0.2, 0) is 0 Å². The summed E-state index contributed by atoms with van der Waals surface area (Å²) in [7, 11) is 0. The van der Waals surface area contributed by atoms with Gasteiger partial charge >= 0.3 is 0 Å². The lowest BCUT2D eigenvalue weighted by Crippen LogP contribution is -2.39. The number of hydrogen-bond acceptors (Lipinski definition) is 3. The molecule has 2 rings (SSSR count). The zero-order chi connectivity index (χ0) is 7.84. The summed E-state index contributed by atoms with van der Waals surface area (Å²) in [5.41, 5.74) is 0. The van der Waals surface area contributed by atoms with Crippen molar-refractivity contribution in [2.45, 2.75) is 37.5 Å². The Labute approximate surface area is 66.6 Å². The lowest BCUT2D eigenvalue weighted by atomic mass is 10.0. The third-order valence-electron chi connectivity index (χ3n) is 2.87. The van der Waals surface area contributed by atoms with E-state index in [0.717, 1.165) is 13.0 Å². The first-order valence-electron chi connectivity index (χ1n) is 4.39. The molecule has 0 unspecified atom stereocenters. The molecule has 2 aliphatic rings. The van der Waals surface area contributed by atoms with Gasteiger partial charge in [0, 0.05) is 12.6 Å². The van der Waals surface area contributed by atoms with Gasteiger partial charge in [-0.3, -0.25) is 4.90 Å². The fraction of sp³-hybridized carbons (Fsp3) is 1.00. The highest BCUT2D eigenvalue weighted by molar-refractivity contribution is 4.94. The Hall–Kier alpha value is -0.120. The summed E-state index contributed by atoms with van der Waals surface area (Å²) in [6.07, 6.45) is 2.48. The van der Waals surface area contributed by atoms with E-state index in [2.05, 4.69) is 4.90 Å². The van der Waals surface area contributed by atoms with Gasteiger partial charge in [0.2, 0.25) is 0 Å². The molecule has 0 bridgehead atoms. The summed E-state index contributed by atoms with van der Waals surface area (Å²) in [5.74, 6) is 0. The Morgan fingerprint density at radius 1 is 1.18 bits per heavy atom. The van der Waals surface area contributed by atoms with Crippen LogP contribution < -0.4 is 0 Å². The molecule has 0 saturated carbocycles. The summed E-state index contributed by atoms with van der Waals surface area (Å²) in [5, 5.41) is 18.8. The van der Waals surface area contributed by atoms with Gasteiger partial charge in [-0.2, -0.15) is 0 Å². The van der Waals surface area contributed by atoms with E-state index in [1.54, 1.807) is 0 Å². The predicted octanol–water partition coefficient (Wildman–Crippen LogP) is -0.424. The highest BCUT2D eigenvalue weighted by atomic mass is 16.3. The fourth-order valence-corrected chi connectivity index (χ4v) is 2.23. The molecule has 2 saturated heterocycles. The second-order valence-corrected chi connectivity index (χ2v) is 3.62. The van der Waals surface area contributed by atoms with E-state index in [0.29, 0.717) is 6.54 Å². The van der Waals surface area contributed by atoms with E-state index in [1.165, 1.54) is 12.8 Å². The molecule has 3 nitrogen and oxygen atoms in total. The summed E-state index contributed by atoms with van der Waals surface area (Å²) < 4.78 is 0. The normalized spacial score (nSPS) is 45.8. The SMILES string of the molecule is O[C@@H]1[C@@H](O)CN2CCCC[C@@H]12. The molecule has 0 radical (unpaired) electrons. The van der Waals surface area contributed by atoms with Crippen LogP contribution in [0.4, 0.5) is 0 Å². The molecule has 2 aliphatic heterocycles. The molecule has 0 aromatic heterocycles. The van der Waals surface area contributed by atoms with Gasteiger partial charge in [-0.25, -0.2) is 0 Å². The van der Waals surface area contributed by atoms with Crippen LogP contribution in [-0.4, -0.2) is 46.5 Å². The molecule has 64 valence electrons. The standard InChI is InChI=1S/C8H15NO2/c10-7-5-9-4-2-1-3-6(9)8(7)11/h6-8,10-11H,1-5H2/t6-,7-,8-/m0/s1. The van der Waals surface area contributed by atoms with Crippen molar-refractivity contribution in [3.8, 4) is 0 Å². The van der Waals surface area contributed by atoms with Crippen LogP contribution in [0.25, 0.3) is 0 Å². The molecule has 3 atom stereocenters. The van der Waals surface area contributed by atoms with E-state index in [-0.39, 0.29) is 6.04 Å². The quantitative estimate of drug-likeness (QED) is 0.502. The van der Waals surface area contributed by atoms with Gasteiger partial charge in [-0.05, 0) is 19.4 Å². The monoisotopic (exact) mass is 157 g/mol. The van der Waals surface area contributed by atoms with Crippen LogP contribution in [0.5, 0.6) is 0 Å². The zero-order valence-electron chi connectivity index (χ0n) is 6.61. The summed E-state index contributed by atoms with van der Waals surface area (Å²) in [6.45, 7) is 1.73. The van der Waals surface area contributed by atoms with Gasteiger partial charge in [-0.15, -0.1) is 0 Å². The van der Waals surface area contributed by atoms with E-state index in [4.69, 9.17) is 0 Å². The van der Waals surface area contributed by atoms with Gasteiger partial charge in [0.05, 0.1) is 12.2 Å². The van der Waals surface area contributed by atoms with Crippen molar-refractivity contribution in [3.63, 3.8) is 0 Å². The Morgan fingerprint density at radius 2 is 2.00 bits per heavy atom. The van der Waals surface area contributed by atoms with Crippen molar-refractivity contribution in [2.24, 2.45) is 0 Å². The van der Waals surface area contributed by atoms with E-state index in [9.17, 15) is 10.2 Å². The van der Waals surface area contributed by atoms with Gasteiger partial charge in [0.1, 0.15) is 0 Å². The lowest BCUT2D eigenvalue weighted by Gasteiger charge is -2.29. The molecule has 2 heterocycles. The predicted molar refractivity (Wildman–Crippen MR) is 41.2 cm³/mol. The molecule has 0 amide bonds. The van der Waals surface area contributed by atoms with Gasteiger partial charge in [0.15, 0.2) is 0 Å². The lowest BCUT2D eigenvalue weighted by molar-refractivity contribution is 0.0318. The molecule has 2 fully saturated rings. The van der Waals surface area contributed by atoms with Crippen LogP contribution in [0.3, 0.4) is 0 Å². The van der Waals surface area contributed by atoms with Crippen LogP contribution in [0, 0.1) is 0 Å². The molecule has 0 aliphatic carbocycles. The number of rotatable bonds is 0. The van der Waals surface area contributed by atoms with Gasteiger partial charge in [0.25, 0.3) is 0 Å². The smallest absolute Gasteiger partial charge is 0.0966 e. The summed E-state index contributed by atoms with van der Waals surface area (Å²) in [6, 6.07) is 0.249. The molecule has 0 aromatic carbocycles. The highest BCUT2D eigenvalue weighted by Gasteiger charge is 2.40. The first kappa shape index (κ1) is 7.53. The second kappa shape index (κ2) is 2.73. The first-order chi connectivity index (χ1) is 5.29. The molecular formula is C8H15NO2. The van der Waals surface area contributed by atoms with Crippen molar-refractivity contribution in [2.75, 3.05) is 13.1 Å². The molecule has 0 spiro atoms. The highest BCUT2D eigenvalue weighted by Crippen LogP contribution is 2.26. The van der Waals surface area contributed by atoms with Crippen molar-refractivity contribution in [1.29, 1.82) is 0 Å². The van der Waals surface area contributed by atoms with Crippen LogP contribution in [0.1, 0.15) is 19.3 Å². The Bertz CT molecular complexity index is 151. The molecule has 0 aromatic rings. The molecular weight excluding hydrogens is 142 g/mol. The van der Waals surface area contributed by atoms with Crippen molar-refractivity contribution in [3.05, 3.63) is 0 Å². The molecule has 11 heavy (non-hydrogen) atoms. The number of aliphatic hydroxyl groups excluding tert-OH is 2. The average Bonchev–Trinajstić information content (AvgIpc) is 2.30. The Balaban J connectivity index is 2.05. The third-order valence-corrected chi connectivity index (χ3v) is 2.87. The molecule has 2 N–H and O–H groups in total. The number of piperidine rings is 1. The number of aliphatic hydroxyl groups is 2. The number of hydrogen-bond donors (Lipinski definition) is 2. The summed E-state index contributed by atoms with van der Waals surface area (Å²) in [4.78, 5) is 2.21. The number of fused-ring (bicyclic) bond motifs is 1. The second-order valence-electron chi connectivity index (χ2n) is 3.62. The van der Waals surface area contributed by atoms with Crippen molar-refractivity contribution < 1.29 is 10.2 Å². The van der Waals surface area contributed by atoms with E-state index in [1.807, 2.05) is 0 Å². The third kappa shape index (κ3) is 1.17. The molecule has 3 heteroatoms. The largest absolute Gasteiger partial charge is 0.389 e. The van der Waals surface area contributed by atoms with Crippen LogP contribution >= 0.6 is 0 Å². The van der Waals surface area contributed by atoms with Crippen LogP contribution in [0.15, 0.2) is 0 Å². The zero-order valence-corrected chi connectivity index (χ0v) is 6.61. The maximum absolute atomic E-state index is 9.50. The van der Waals surface area contributed by atoms with Gasteiger partial charge < -0.3 is 10.2 Å². The summed E-state index contributed by atoms with van der Waals surface area (Å²) >= 11 is 0. The first-order valence-corrected chi connectivity index (χ1v) is 4.39. The minimum absolute atomic E-state index is 0.249. The van der Waals surface area contributed by atoms with Gasteiger partial charge in [-0.1, -0.05) is 6.42 Å².